The lowest BCUT2D eigenvalue weighted by Crippen LogP contribution is -2.04. The topological polar surface area (TPSA) is 38.7 Å². The van der Waals surface area contributed by atoms with Gasteiger partial charge in [0, 0.05) is 5.56 Å². The van der Waals surface area contributed by atoms with Crippen molar-refractivity contribution >= 4 is 17.9 Å². The highest BCUT2D eigenvalue weighted by molar-refractivity contribution is 6.12. The molecule has 0 aliphatic carbocycles. The van der Waals surface area contributed by atoms with E-state index < -0.39 is 5.97 Å². The molecule has 0 fully saturated rings. The van der Waals surface area contributed by atoms with E-state index in [1.54, 1.807) is 6.08 Å². The van der Waals surface area contributed by atoms with Crippen LogP contribution in [-0.2, 0) is 16.0 Å². The summed E-state index contributed by atoms with van der Waals surface area (Å²) in [4.78, 5) is 16.4. The van der Waals surface area contributed by atoms with Crippen LogP contribution < -0.4 is 0 Å². The second-order valence-electron chi connectivity index (χ2n) is 7.31. The minimum absolute atomic E-state index is 0.346. The number of nitrogens with zero attached hydrogens (tertiary/aromatic N) is 1. The molecule has 0 N–H and O–H groups in total. The number of hydrogen-bond donors (Lipinski definition) is 0. The number of hydrogen-bond acceptors (Lipinski definition) is 3. The summed E-state index contributed by atoms with van der Waals surface area (Å²) in [6, 6.07) is 17.9. The van der Waals surface area contributed by atoms with Gasteiger partial charge in [-0.25, -0.2) is 9.79 Å². The van der Waals surface area contributed by atoms with Gasteiger partial charge in [0.05, 0.1) is 0 Å². The normalized spacial score (nSPS) is 15.0. The fourth-order valence-electron chi connectivity index (χ4n) is 3.34. The van der Waals surface area contributed by atoms with E-state index in [1.165, 1.54) is 50.5 Å². The summed E-state index contributed by atoms with van der Waals surface area (Å²) in [5.41, 5.74) is 3.47. The van der Waals surface area contributed by atoms with Crippen molar-refractivity contribution in [2.24, 2.45) is 4.99 Å². The fourth-order valence-corrected chi connectivity index (χ4v) is 3.34. The highest BCUT2D eigenvalue weighted by atomic mass is 16.6. The summed E-state index contributed by atoms with van der Waals surface area (Å²) in [5, 5.41) is 0. The maximum absolute atomic E-state index is 12.1. The number of benzene rings is 2. The number of ether oxygens (including phenoxy) is 1. The van der Waals surface area contributed by atoms with Crippen molar-refractivity contribution in [1.82, 2.24) is 0 Å². The van der Waals surface area contributed by atoms with Crippen LogP contribution in [0.2, 0.25) is 0 Å². The molecule has 0 amide bonds. The maximum Gasteiger partial charge on any atom is 0.363 e. The van der Waals surface area contributed by atoms with Gasteiger partial charge in [-0.1, -0.05) is 87.9 Å². The van der Waals surface area contributed by atoms with Crippen molar-refractivity contribution in [2.45, 2.75) is 58.3 Å². The number of carbonyl (C=O) groups excluding carboxylic acids is 1. The summed E-state index contributed by atoms with van der Waals surface area (Å²) in [7, 11) is 0. The summed E-state index contributed by atoms with van der Waals surface area (Å²) >= 11 is 0. The molecule has 1 aliphatic heterocycles. The smallest absolute Gasteiger partial charge is 0.363 e. The highest BCUT2D eigenvalue weighted by Crippen LogP contribution is 2.19. The molecule has 3 nitrogen and oxygen atoms in total. The van der Waals surface area contributed by atoms with Gasteiger partial charge in [0.25, 0.3) is 0 Å². The van der Waals surface area contributed by atoms with Gasteiger partial charge in [-0.3, -0.25) is 0 Å². The number of esters is 1. The van der Waals surface area contributed by atoms with Crippen molar-refractivity contribution in [3.05, 3.63) is 77.0 Å². The molecule has 146 valence electrons. The van der Waals surface area contributed by atoms with Crippen LogP contribution in [0.25, 0.3) is 6.08 Å². The van der Waals surface area contributed by atoms with Crippen molar-refractivity contribution in [3.63, 3.8) is 0 Å². The van der Waals surface area contributed by atoms with Gasteiger partial charge in [-0.2, -0.15) is 0 Å². The standard InChI is InChI=1S/C25H29NO2/c1-2-3-4-5-6-7-9-12-20-15-17-21(18-16-20)19-23-25(27)28-24(26-23)22-13-10-8-11-14-22/h8,10-11,13-19H,2-7,9,12H2,1H3. The first kappa shape index (κ1) is 20.1. The summed E-state index contributed by atoms with van der Waals surface area (Å²) in [5.74, 6) is -0.0293. The molecule has 0 unspecified atom stereocenters. The lowest BCUT2D eigenvalue weighted by atomic mass is 10.0. The van der Waals surface area contributed by atoms with Gasteiger partial charge in [-0.15, -0.1) is 0 Å². The van der Waals surface area contributed by atoms with Gasteiger partial charge in [0.2, 0.25) is 5.90 Å². The molecule has 28 heavy (non-hydrogen) atoms. The fraction of sp³-hybridized carbons (Fsp3) is 0.360. The van der Waals surface area contributed by atoms with Crippen LogP contribution in [0.1, 0.15) is 68.6 Å². The van der Waals surface area contributed by atoms with Gasteiger partial charge in [0.1, 0.15) is 0 Å². The predicted octanol–water partition coefficient (Wildman–Crippen LogP) is 6.32. The highest BCUT2D eigenvalue weighted by Gasteiger charge is 2.23. The Balaban J connectivity index is 1.52. The van der Waals surface area contributed by atoms with E-state index >= 15 is 0 Å². The van der Waals surface area contributed by atoms with Gasteiger partial charge in [0.15, 0.2) is 5.70 Å². The molecule has 3 rings (SSSR count). The first-order chi connectivity index (χ1) is 13.8. The number of carbonyl (C=O) groups is 1. The monoisotopic (exact) mass is 375 g/mol. The van der Waals surface area contributed by atoms with Gasteiger partial charge in [-0.05, 0) is 42.2 Å². The molecule has 2 aromatic rings. The van der Waals surface area contributed by atoms with Crippen LogP contribution in [0, 0.1) is 0 Å². The summed E-state index contributed by atoms with van der Waals surface area (Å²) in [6.07, 6.45) is 12.2. The minimum Gasteiger partial charge on any atom is -0.402 e. The second-order valence-corrected chi connectivity index (χ2v) is 7.31. The van der Waals surface area contributed by atoms with Crippen LogP contribution in [0.15, 0.2) is 65.3 Å². The summed E-state index contributed by atoms with van der Waals surface area (Å²) < 4.78 is 5.30. The molecule has 1 aliphatic rings. The number of aryl methyl sites for hydroxylation is 1. The molecule has 0 spiro atoms. The summed E-state index contributed by atoms with van der Waals surface area (Å²) in [6.45, 7) is 2.25. The zero-order chi connectivity index (χ0) is 19.6. The zero-order valence-electron chi connectivity index (χ0n) is 16.7. The average Bonchev–Trinajstić information content (AvgIpc) is 3.09. The van der Waals surface area contributed by atoms with Gasteiger partial charge < -0.3 is 4.74 Å². The Labute approximate surface area is 168 Å². The number of cyclic esters (lactones) is 1. The van der Waals surface area contributed by atoms with Crippen molar-refractivity contribution in [2.75, 3.05) is 0 Å². The third kappa shape index (κ3) is 5.91. The number of aliphatic imine (C=N–C) groups is 1. The Kier molecular flexibility index (Phi) is 7.60. The first-order valence-corrected chi connectivity index (χ1v) is 10.4. The number of rotatable bonds is 10. The van der Waals surface area contributed by atoms with E-state index in [4.69, 9.17) is 4.74 Å². The Bertz CT molecular complexity index is 819. The predicted molar refractivity (Wildman–Crippen MR) is 115 cm³/mol. The van der Waals surface area contributed by atoms with E-state index in [0.29, 0.717) is 11.6 Å². The Morgan fingerprint density at radius 2 is 1.54 bits per heavy atom. The lowest BCUT2D eigenvalue weighted by Gasteiger charge is -2.03. The third-order valence-electron chi connectivity index (χ3n) is 4.99. The van der Waals surface area contributed by atoms with Crippen molar-refractivity contribution in [3.8, 4) is 0 Å². The molecule has 0 radical (unpaired) electrons. The van der Waals surface area contributed by atoms with Crippen molar-refractivity contribution in [1.29, 1.82) is 0 Å². The van der Waals surface area contributed by atoms with E-state index in [0.717, 1.165) is 17.5 Å². The molecule has 0 bridgehead atoms. The van der Waals surface area contributed by atoms with Crippen LogP contribution in [0.3, 0.4) is 0 Å². The maximum atomic E-state index is 12.1. The Hall–Kier alpha value is -2.68. The lowest BCUT2D eigenvalue weighted by molar-refractivity contribution is -0.129. The minimum atomic E-state index is -0.397. The van der Waals surface area contributed by atoms with E-state index in [2.05, 4.69) is 24.0 Å². The van der Waals surface area contributed by atoms with Crippen LogP contribution in [0.5, 0.6) is 0 Å². The van der Waals surface area contributed by atoms with Crippen molar-refractivity contribution < 1.29 is 9.53 Å². The molecule has 1 heterocycles. The largest absolute Gasteiger partial charge is 0.402 e. The van der Waals surface area contributed by atoms with Crippen LogP contribution >= 0.6 is 0 Å². The van der Waals surface area contributed by atoms with Crippen LogP contribution in [0.4, 0.5) is 0 Å². The Morgan fingerprint density at radius 3 is 2.25 bits per heavy atom. The third-order valence-corrected chi connectivity index (χ3v) is 4.99. The van der Waals surface area contributed by atoms with E-state index in [1.807, 2.05) is 42.5 Å². The zero-order valence-corrected chi connectivity index (χ0v) is 16.7. The molecule has 0 saturated carbocycles. The molecular formula is C25H29NO2. The van der Waals surface area contributed by atoms with Gasteiger partial charge >= 0.3 is 5.97 Å². The number of unbranched alkanes of at least 4 members (excludes halogenated alkanes) is 6. The molecule has 0 aromatic heterocycles. The SMILES string of the molecule is CCCCCCCCCc1ccc(C=C2N=C(c3ccccc3)OC2=O)cc1. The average molecular weight is 376 g/mol. The Morgan fingerprint density at radius 1 is 0.857 bits per heavy atom. The molecular weight excluding hydrogens is 346 g/mol. The quantitative estimate of drug-likeness (QED) is 0.277. The van der Waals surface area contributed by atoms with Crippen LogP contribution in [-0.4, -0.2) is 11.9 Å². The first-order valence-electron chi connectivity index (χ1n) is 10.4. The van der Waals surface area contributed by atoms with E-state index in [-0.39, 0.29) is 0 Å². The molecule has 0 atom stereocenters. The molecule has 2 aromatic carbocycles. The van der Waals surface area contributed by atoms with E-state index in [9.17, 15) is 4.79 Å². The molecule has 0 saturated heterocycles. The second kappa shape index (κ2) is 10.6. The molecule has 3 heteroatoms.